The average molecular weight is 380 g/mol. The number of likely N-dealkylation sites (tertiary alicyclic amines) is 1. The van der Waals surface area contributed by atoms with Crippen LogP contribution in [-0.2, 0) is 11.3 Å². The van der Waals surface area contributed by atoms with Crippen LogP contribution in [0.25, 0.3) is 0 Å². The quantitative estimate of drug-likeness (QED) is 0.806. The summed E-state index contributed by atoms with van der Waals surface area (Å²) in [6.45, 7) is 6.71. The molecule has 5 heteroatoms. The van der Waals surface area contributed by atoms with E-state index in [1.807, 2.05) is 0 Å². The minimum Gasteiger partial charge on any atom is -0.340 e. The van der Waals surface area contributed by atoms with Crippen molar-refractivity contribution in [2.75, 3.05) is 46.3 Å². The van der Waals surface area contributed by atoms with Gasteiger partial charge in [0.2, 0.25) is 5.91 Å². The van der Waals surface area contributed by atoms with Crippen LogP contribution in [0.2, 0.25) is 0 Å². The number of nitrogens with zero attached hydrogens (tertiary/aromatic N) is 3. The van der Waals surface area contributed by atoms with Crippen LogP contribution in [-0.4, -0.2) is 66.9 Å². The molecule has 2 fully saturated rings. The van der Waals surface area contributed by atoms with E-state index in [-0.39, 0.29) is 5.92 Å². The highest BCUT2D eigenvalue weighted by atomic mass is 79.9. The first-order valence-electron chi connectivity index (χ1n) is 8.56. The molecule has 0 aromatic heterocycles. The third kappa shape index (κ3) is 4.55. The highest BCUT2D eigenvalue weighted by Gasteiger charge is 2.30. The Balaban J connectivity index is 1.56. The van der Waals surface area contributed by atoms with Crippen LogP contribution < -0.4 is 0 Å². The van der Waals surface area contributed by atoms with Crippen molar-refractivity contribution in [2.24, 2.45) is 5.92 Å². The van der Waals surface area contributed by atoms with Gasteiger partial charge >= 0.3 is 0 Å². The van der Waals surface area contributed by atoms with E-state index in [9.17, 15) is 4.79 Å². The molecule has 0 aliphatic carbocycles. The molecule has 0 saturated carbocycles. The van der Waals surface area contributed by atoms with E-state index in [1.165, 1.54) is 5.56 Å². The average Bonchev–Trinajstić information content (AvgIpc) is 2.55. The Morgan fingerprint density at radius 3 is 2.74 bits per heavy atom. The number of benzene rings is 1. The molecule has 0 unspecified atom stereocenters. The molecular formula is C18H26BrN3O. The number of halogens is 1. The fourth-order valence-corrected chi connectivity index (χ4v) is 4.03. The smallest absolute Gasteiger partial charge is 0.227 e. The molecule has 2 saturated heterocycles. The number of hydrogen-bond donors (Lipinski definition) is 0. The van der Waals surface area contributed by atoms with Crippen molar-refractivity contribution in [3.05, 3.63) is 34.3 Å². The predicted octanol–water partition coefficient (Wildman–Crippen LogP) is 2.44. The third-order valence-corrected chi connectivity index (χ3v) is 5.46. The maximum Gasteiger partial charge on any atom is 0.227 e. The van der Waals surface area contributed by atoms with E-state index in [1.54, 1.807) is 0 Å². The van der Waals surface area contributed by atoms with E-state index in [4.69, 9.17) is 0 Å². The van der Waals surface area contributed by atoms with Gasteiger partial charge in [0, 0.05) is 43.7 Å². The second kappa shape index (κ2) is 7.77. The molecule has 0 N–H and O–H groups in total. The standard InChI is InChI=1S/C18H26BrN3O/c1-20-8-10-22(11-9-20)18(23)16-5-3-7-21(14-16)13-15-4-2-6-17(19)12-15/h2,4,6,12,16H,3,5,7-11,13-14H2,1H3/t16-/m0/s1. The minimum absolute atomic E-state index is 0.180. The Bertz CT molecular complexity index is 543. The summed E-state index contributed by atoms with van der Waals surface area (Å²) in [6, 6.07) is 8.47. The second-order valence-corrected chi connectivity index (χ2v) is 7.75. The summed E-state index contributed by atoms with van der Waals surface area (Å²) in [7, 11) is 2.13. The maximum absolute atomic E-state index is 12.8. The number of piperazine rings is 1. The van der Waals surface area contributed by atoms with Gasteiger partial charge in [0.15, 0.2) is 0 Å². The van der Waals surface area contributed by atoms with Gasteiger partial charge in [0.25, 0.3) is 0 Å². The third-order valence-electron chi connectivity index (χ3n) is 4.96. The molecule has 2 heterocycles. The molecule has 126 valence electrons. The first-order chi connectivity index (χ1) is 11.1. The molecule has 23 heavy (non-hydrogen) atoms. The summed E-state index contributed by atoms with van der Waals surface area (Å²) in [5.74, 6) is 0.552. The lowest BCUT2D eigenvalue weighted by molar-refractivity contribution is -0.139. The van der Waals surface area contributed by atoms with E-state index >= 15 is 0 Å². The zero-order valence-corrected chi connectivity index (χ0v) is 15.5. The first-order valence-corrected chi connectivity index (χ1v) is 9.35. The van der Waals surface area contributed by atoms with Crippen molar-refractivity contribution in [3.8, 4) is 0 Å². The topological polar surface area (TPSA) is 26.8 Å². The summed E-state index contributed by atoms with van der Waals surface area (Å²) in [6.07, 6.45) is 2.16. The number of likely N-dealkylation sites (N-methyl/N-ethyl adjacent to an activating group) is 1. The van der Waals surface area contributed by atoms with E-state index < -0.39 is 0 Å². The lowest BCUT2D eigenvalue weighted by Gasteiger charge is -2.38. The zero-order valence-electron chi connectivity index (χ0n) is 13.9. The number of piperidine rings is 1. The van der Waals surface area contributed by atoms with Gasteiger partial charge in [-0.1, -0.05) is 28.1 Å². The number of rotatable bonds is 3. The summed E-state index contributed by atoms with van der Waals surface area (Å²) < 4.78 is 1.12. The van der Waals surface area contributed by atoms with Crippen molar-refractivity contribution in [1.82, 2.24) is 14.7 Å². The highest BCUT2D eigenvalue weighted by molar-refractivity contribution is 9.10. The fourth-order valence-electron chi connectivity index (χ4n) is 3.58. The normalized spacial score (nSPS) is 23.9. The van der Waals surface area contributed by atoms with E-state index in [0.29, 0.717) is 5.91 Å². The Labute approximate surface area is 147 Å². The van der Waals surface area contributed by atoms with Crippen LogP contribution in [0.3, 0.4) is 0 Å². The molecule has 2 aliphatic rings. The second-order valence-electron chi connectivity index (χ2n) is 6.83. The van der Waals surface area contributed by atoms with E-state index in [0.717, 1.165) is 63.1 Å². The van der Waals surface area contributed by atoms with Crippen LogP contribution >= 0.6 is 15.9 Å². The molecule has 0 bridgehead atoms. The first kappa shape index (κ1) is 16.9. The maximum atomic E-state index is 12.8. The summed E-state index contributed by atoms with van der Waals surface area (Å²) >= 11 is 3.54. The molecular weight excluding hydrogens is 354 g/mol. The largest absolute Gasteiger partial charge is 0.340 e. The number of hydrogen-bond acceptors (Lipinski definition) is 3. The molecule has 0 spiro atoms. The molecule has 0 radical (unpaired) electrons. The number of amides is 1. The molecule has 1 aromatic carbocycles. The Morgan fingerprint density at radius 2 is 2.00 bits per heavy atom. The van der Waals surface area contributed by atoms with Crippen LogP contribution in [0.5, 0.6) is 0 Å². The van der Waals surface area contributed by atoms with Gasteiger partial charge < -0.3 is 9.80 Å². The van der Waals surface area contributed by atoms with Crippen molar-refractivity contribution in [1.29, 1.82) is 0 Å². The zero-order chi connectivity index (χ0) is 16.2. The van der Waals surface area contributed by atoms with Crippen LogP contribution in [0.1, 0.15) is 18.4 Å². The molecule has 2 aliphatic heterocycles. The number of carbonyl (C=O) groups excluding carboxylic acids is 1. The van der Waals surface area contributed by atoms with Crippen molar-refractivity contribution < 1.29 is 4.79 Å². The molecule has 1 atom stereocenters. The van der Waals surface area contributed by atoms with Gasteiger partial charge in [-0.2, -0.15) is 0 Å². The number of carbonyl (C=O) groups is 1. The summed E-state index contributed by atoms with van der Waals surface area (Å²) in [5.41, 5.74) is 1.31. The predicted molar refractivity (Wildman–Crippen MR) is 96.2 cm³/mol. The molecule has 1 amide bonds. The van der Waals surface area contributed by atoms with Crippen molar-refractivity contribution in [2.45, 2.75) is 19.4 Å². The summed E-state index contributed by atoms with van der Waals surface area (Å²) in [5, 5.41) is 0. The summed E-state index contributed by atoms with van der Waals surface area (Å²) in [4.78, 5) is 19.6. The molecule has 4 nitrogen and oxygen atoms in total. The fraction of sp³-hybridized carbons (Fsp3) is 0.611. The van der Waals surface area contributed by atoms with Gasteiger partial charge in [0.1, 0.15) is 0 Å². The van der Waals surface area contributed by atoms with Crippen molar-refractivity contribution >= 4 is 21.8 Å². The van der Waals surface area contributed by atoms with Gasteiger partial charge in [-0.05, 0) is 44.1 Å². The van der Waals surface area contributed by atoms with Gasteiger partial charge in [-0.3, -0.25) is 9.69 Å². The SMILES string of the molecule is CN1CCN(C(=O)[C@H]2CCCN(Cc3cccc(Br)c3)C2)CC1. The minimum atomic E-state index is 0.180. The van der Waals surface area contributed by atoms with Crippen LogP contribution in [0, 0.1) is 5.92 Å². The lowest BCUT2D eigenvalue weighted by Crippen LogP contribution is -2.51. The Kier molecular flexibility index (Phi) is 5.72. The van der Waals surface area contributed by atoms with E-state index in [2.05, 4.69) is 61.9 Å². The van der Waals surface area contributed by atoms with Gasteiger partial charge in [-0.25, -0.2) is 0 Å². The monoisotopic (exact) mass is 379 g/mol. The lowest BCUT2D eigenvalue weighted by atomic mass is 9.95. The highest BCUT2D eigenvalue weighted by Crippen LogP contribution is 2.22. The Morgan fingerprint density at radius 1 is 1.22 bits per heavy atom. The Hall–Kier alpha value is -0.910. The molecule has 3 rings (SSSR count). The van der Waals surface area contributed by atoms with Crippen molar-refractivity contribution in [3.63, 3.8) is 0 Å². The van der Waals surface area contributed by atoms with Gasteiger partial charge in [-0.15, -0.1) is 0 Å². The van der Waals surface area contributed by atoms with Crippen LogP contribution in [0.4, 0.5) is 0 Å². The van der Waals surface area contributed by atoms with Gasteiger partial charge in [0.05, 0.1) is 5.92 Å². The molecule has 1 aromatic rings. The van der Waals surface area contributed by atoms with Crippen LogP contribution in [0.15, 0.2) is 28.7 Å².